The van der Waals surface area contributed by atoms with Gasteiger partial charge in [-0.3, -0.25) is 9.59 Å². The molecule has 1 amide bonds. The van der Waals surface area contributed by atoms with Crippen LogP contribution in [0.1, 0.15) is 34.6 Å². The number of aryl methyl sites for hydroxylation is 2. The highest BCUT2D eigenvalue weighted by Crippen LogP contribution is 2.28. The van der Waals surface area contributed by atoms with Gasteiger partial charge in [0.25, 0.3) is 11.5 Å². The third-order valence-corrected chi connectivity index (χ3v) is 6.22. The van der Waals surface area contributed by atoms with Gasteiger partial charge in [-0.15, -0.1) is 11.3 Å². The number of benzene rings is 1. The molecule has 0 saturated heterocycles. The number of carbonyl (C=O) groups excluding carboxylic acids is 1. The van der Waals surface area contributed by atoms with Gasteiger partial charge in [0.15, 0.2) is 0 Å². The predicted molar refractivity (Wildman–Crippen MR) is 115 cm³/mol. The van der Waals surface area contributed by atoms with Crippen molar-refractivity contribution < 1.29 is 4.79 Å². The molecule has 0 atom stereocenters. The maximum atomic E-state index is 13.0. The standard InChI is InChI=1S/C21H26N4O2S/c1-6-25(7-2)16-10-8-15(9-11-16)12-23(4)21(27)18-14(3)17-19(28-18)22-13-24(5)20(17)26/h8-11,13H,6-7,12H2,1-5H3. The molecular weight excluding hydrogens is 372 g/mol. The molecule has 6 nitrogen and oxygen atoms in total. The average Bonchev–Trinajstić information content (AvgIpc) is 3.03. The van der Waals surface area contributed by atoms with Crippen molar-refractivity contribution in [1.82, 2.24) is 14.5 Å². The molecule has 0 bridgehead atoms. The normalized spacial score (nSPS) is 11.0. The molecule has 1 aromatic carbocycles. The van der Waals surface area contributed by atoms with Crippen molar-refractivity contribution in [3.63, 3.8) is 0 Å². The smallest absolute Gasteiger partial charge is 0.264 e. The summed E-state index contributed by atoms with van der Waals surface area (Å²) < 4.78 is 1.44. The zero-order chi connectivity index (χ0) is 20.4. The van der Waals surface area contributed by atoms with Crippen LogP contribution in [0.25, 0.3) is 10.2 Å². The largest absolute Gasteiger partial charge is 0.372 e. The number of anilines is 1. The first-order valence-corrected chi connectivity index (χ1v) is 10.2. The molecule has 0 aliphatic rings. The number of hydrogen-bond acceptors (Lipinski definition) is 5. The Kier molecular flexibility index (Phi) is 5.84. The fourth-order valence-electron chi connectivity index (χ4n) is 3.33. The Labute approximate surface area is 169 Å². The Balaban J connectivity index is 1.82. The number of fused-ring (bicyclic) bond motifs is 1. The van der Waals surface area contributed by atoms with Gasteiger partial charge in [0, 0.05) is 39.4 Å². The van der Waals surface area contributed by atoms with E-state index in [1.807, 2.05) is 6.92 Å². The summed E-state index contributed by atoms with van der Waals surface area (Å²) in [6.45, 7) is 8.54. The van der Waals surface area contributed by atoms with Gasteiger partial charge in [-0.05, 0) is 44.0 Å². The lowest BCUT2D eigenvalue weighted by atomic mass is 10.1. The van der Waals surface area contributed by atoms with Crippen molar-refractivity contribution >= 4 is 33.1 Å². The Morgan fingerprint density at radius 1 is 1.18 bits per heavy atom. The molecule has 3 aromatic rings. The van der Waals surface area contributed by atoms with E-state index in [2.05, 4.69) is 48.0 Å². The van der Waals surface area contributed by atoms with Crippen LogP contribution in [0.4, 0.5) is 5.69 Å². The molecule has 0 spiro atoms. The van der Waals surface area contributed by atoms with E-state index in [9.17, 15) is 9.59 Å². The van der Waals surface area contributed by atoms with Crippen molar-refractivity contribution in [2.75, 3.05) is 25.0 Å². The Morgan fingerprint density at radius 2 is 1.82 bits per heavy atom. The van der Waals surface area contributed by atoms with E-state index in [0.717, 1.165) is 18.7 Å². The fourth-order valence-corrected chi connectivity index (χ4v) is 4.47. The minimum atomic E-state index is -0.118. The molecule has 0 aliphatic heterocycles. The number of hydrogen-bond donors (Lipinski definition) is 0. The van der Waals surface area contributed by atoms with Gasteiger partial charge in [-0.25, -0.2) is 4.98 Å². The van der Waals surface area contributed by atoms with Crippen molar-refractivity contribution in [3.05, 3.63) is 57.0 Å². The van der Waals surface area contributed by atoms with Crippen molar-refractivity contribution in [1.29, 1.82) is 0 Å². The topological polar surface area (TPSA) is 58.4 Å². The number of thiophene rings is 1. The molecule has 0 fully saturated rings. The van der Waals surface area contributed by atoms with Gasteiger partial charge < -0.3 is 14.4 Å². The summed E-state index contributed by atoms with van der Waals surface area (Å²) in [7, 11) is 3.46. The summed E-state index contributed by atoms with van der Waals surface area (Å²) in [5, 5.41) is 0.537. The molecule has 2 aromatic heterocycles. The second-order valence-electron chi connectivity index (χ2n) is 6.90. The molecule has 2 heterocycles. The van der Waals surface area contributed by atoms with Crippen LogP contribution in [-0.4, -0.2) is 40.5 Å². The predicted octanol–water partition coefficient (Wildman–Crippen LogP) is 3.42. The molecule has 0 N–H and O–H groups in total. The minimum Gasteiger partial charge on any atom is -0.372 e. The monoisotopic (exact) mass is 398 g/mol. The number of amides is 1. The highest BCUT2D eigenvalue weighted by molar-refractivity contribution is 7.20. The first kappa shape index (κ1) is 20.1. The summed E-state index contributed by atoms with van der Waals surface area (Å²) in [5.74, 6) is -0.0876. The van der Waals surface area contributed by atoms with Gasteiger partial charge in [0.05, 0.1) is 16.6 Å². The molecule has 28 heavy (non-hydrogen) atoms. The van der Waals surface area contributed by atoms with Crippen LogP contribution in [0.2, 0.25) is 0 Å². The molecule has 7 heteroatoms. The molecule has 0 saturated carbocycles. The minimum absolute atomic E-state index is 0.0876. The average molecular weight is 399 g/mol. The number of nitrogens with zero attached hydrogens (tertiary/aromatic N) is 4. The SMILES string of the molecule is CCN(CC)c1ccc(CN(C)C(=O)c2sc3ncn(C)c(=O)c3c2C)cc1. The third kappa shape index (κ3) is 3.67. The Hall–Kier alpha value is -2.67. The van der Waals surface area contributed by atoms with Crippen LogP contribution in [0.15, 0.2) is 35.4 Å². The number of rotatable bonds is 6. The fraction of sp³-hybridized carbons (Fsp3) is 0.381. The quantitative estimate of drug-likeness (QED) is 0.638. The van der Waals surface area contributed by atoms with Gasteiger partial charge in [0.2, 0.25) is 0 Å². The van der Waals surface area contributed by atoms with Crippen molar-refractivity contribution in [2.24, 2.45) is 7.05 Å². The van der Waals surface area contributed by atoms with Gasteiger partial charge in [0.1, 0.15) is 4.83 Å². The summed E-state index contributed by atoms with van der Waals surface area (Å²) >= 11 is 1.28. The van der Waals surface area contributed by atoms with Crippen molar-refractivity contribution in [2.45, 2.75) is 27.3 Å². The van der Waals surface area contributed by atoms with Crippen LogP contribution in [0, 0.1) is 6.92 Å². The second-order valence-corrected chi connectivity index (χ2v) is 7.90. The van der Waals surface area contributed by atoms with E-state index in [0.29, 0.717) is 27.2 Å². The first-order chi connectivity index (χ1) is 13.4. The summed E-state index contributed by atoms with van der Waals surface area (Å²) in [4.78, 5) is 34.8. The molecular formula is C21H26N4O2S. The highest BCUT2D eigenvalue weighted by Gasteiger charge is 2.21. The maximum absolute atomic E-state index is 13.0. The van der Waals surface area contributed by atoms with Crippen LogP contribution in [0.3, 0.4) is 0 Å². The van der Waals surface area contributed by atoms with E-state index in [1.54, 1.807) is 19.0 Å². The molecule has 3 rings (SSSR count). The Morgan fingerprint density at radius 3 is 2.43 bits per heavy atom. The maximum Gasteiger partial charge on any atom is 0.264 e. The summed E-state index contributed by atoms with van der Waals surface area (Å²) in [6.07, 6.45) is 1.50. The number of carbonyl (C=O) groups is 1. The highest BCUT2D eigenvalue weighted by atomic mass is 32.1. The lowest BCUT2D eigenvalue weighted by Crippen LogP contribution is -2.26. The summed E-state index contributed by atoms with van der Waals surface area (Å²) in [6, 6.07) is 8.32. The Bertz CT molecular complexity index is 1050. The van der Waals surface area contributed by atoms with Gasteiger partial charge >= 0.3 is 0 Å². The van der Waals surface area contributed by atoms with Crippen LogP contribution in [-0.2, 0) is 13.6 Å². The lowest BCUT2D eigenvalue weighted by molar-refractivity contribution is 0.0789. The van der Waals surface area contributed by atoms with E-state index >= 15 is 0 Å². The number of aromatic nitrogens is 2. The second kappa shape index (κ2) is 8.14. The van der Waals surface area contributed by atoms with Crippen LogP contribution >= 0.6 is 11.3 Å². The molecule has 148 valence electrons. The zero-order valence-corrected chi connectivity index (χ0v) is 17.8. The van der Waals surface area contributed by atoms with Gasteiger partial charge in [-0.1, -0.05) is 12.1 Å². The summed E-state index contributed by atoms with van der Waals surface area (Å²) in [5.41, 5.74) is 2.85. The lowest BCUT2D eigenvalue weighted by Gasteiger charge is -2.22. The van der Waals surface area contributed by atoms with E-state index in [-0.39, 0.29) is 11.5 Å². The first-order valence-electron chi connectivity index (χ1n) is 9.41. The zero-order valence-electron chi connectivity index (χ0n) is 17.0. The third-order valence-electron chi connectivity index (χ3n) is 5.04. The molecule has 0 aliphatic carbocycles. The van der Waals surface area contributed by atoms with Crippen LogP contribution < -0.4 is 10.5 Å². The van der Waals surface area contributed by atoms with Crippen LogP contribution in [0.5, 0.6) is 0 Å². The molecule has 0 radical (unpaired) electrons. The van der Waals surface area contributed by atoms with E-state index in [4.69, 9.17) is 0 Å². The van der Waals surface area contributed by atoms with Crippen molar-refractivity contribution in [3.8, 4) is 0 Å². The van der Waals surface area contributed by atoms with E-state index < -0.39 is 0 Å². The molecule has 0 unspecified atom stereocenters. The van der Waals surface area contributed by atoms with E-state index in [1.165, 1.54) is 27.9 Å². The van der Waals surface area contributed by atoms with Gasteiger partial charge in [-0.2, -0.15) is 0 Å².